The number of esters is 1. The molecule has 0 aliphatic heterocycles. The van der Waals surface area contributed by atoms with E-state index in [-0.39, 0.29) is 22.8 Å². The summed E-state index contributed by atoms with van der Waals surface area (Å²) in [6.45, 7) is 1.25. The number of rotatable bonds is 6. The Labute approximate surface area is 173 Å². The van der Waals surface area contributed by atoms with Crippen molar-refractivity contribution in [1.29, 1.82) is 5.26 Å². The molecule has 0 radical (unpaired) electrons. The van der Waals surface area contributed by atoms with Crippen molar-refractivity contribution in [2.45, 2.75) is 6.92 Å². The van der Waals surface area contributed by atoms with Gasteiger partial charge in [0.25, 0.3) is 11.6 Å². The van der Waals surface area contributed by atoms with Crippen molar-refractivity contribution in [3.05, 3.63) is 62.1 Å². The SMILES string of the molecule is COc1cc(C=C(C#N)C(=O)Nc2ccc([N+](=O)[O-])cc2)cc(Br)c1OC(C)=O. The number of halogens is 1. The number of carbonyl (C=O) groups is 2. The Morgan fingerprint density at radius 1 is 1.28 bits per heavy atom. The maximum Gasteiger partial charge on any atom is 0.308 e. The zero-order valence-corrected chi connectivity index (χ0v) is 16.8. The van der Waals surface area contributed by atoms with E-state index < -0.39 is 16.8 Å². The quantitative estimate of drug-likeness (QED) is 0.173. The number of nitriles is 1. The zero-order chi connectivity index (χ0) is 21.6. The molecular weight excluding hydrogens is 446 g/mol. The topological polar surface area (TPSA) is 132 Å². The number of non-ortho nitro benzene ring substituents is 1. The summed E-state index contributed by atoms with van der Waals surface area (Å²) in [6, 6.07) is 10.0. The van der Waals surface area contributed by atoms with Crippen LogP contribution in [0, 0.1) is 21.4 Å². The fraction of sp³-hybridized carbons (Fsp3) is 0.105. The molecule has 0 saturated heterocycles. The standard InChI is InChI=1S/C19H14BrN3O6/c1-11(24)29-18-16(20)8-12(9-17(18)28-2)7-13(10-21)19(25)22-14-3-5-15(6-4-14)23(26)27/h3-9H,1-2H3,(H,22,25). The number of ether oxygens (including phenoxy) is 2. The average Bonchev–Trinajstić information content (AvgIpc) is 2.67. The van der Waals surface area contributed by atoms with Gasteiger partial charge < -0.3 is 14.8 Å². The van der Waals surface area contributed by atoms with Crippen LogP contribution >= 0.6 is 15.9 Å². The van der Waals surface area contributed by atoms with E-state index in [0.717, 1.165) is 0 Å². The van der Waals surface area contributed by atoms with E-state index >= 15 is 0 Å². The molecule has 0 spiro atoms. The Morgan fingerprint density at radius 3 is 2.45 bits per heavy atom. The van der Waals surface area contributed by atoms with Crippen molar-refractivity contribution < 1.29 is 24.0 Å². The smallest absolute Gasteiger partial charge is 0.308 e. The van der Waals surface area contributed by atoms with E-state index in [4.69, 9.17) is 9.47 Å². The number of hydrogen-bond acceptors (Lipinski definition) is 7. The van der Waals surface area contributed by atoms with Crippen LogP contribution in [0.2, 0.25) is 0 Å². The number of nitrogens with one attached hydrogen (secondary N) is 1. The number of methoxy groups -OCH3 is 1. The number of hydrogen-bond donors (Lipinski definition) is 1. The molecule has 0 atom stereocenters. The highest BCUT2D eigenvalue weighted by molar-refractivity contribution is 9.10. The van der Waals surface area contributed by atoms with Gasteiger partial charge in [-0.1, -0.05) is 0 Å². The molecular formula is C19H14BrN3O6. The van der Waals surface area contributed by atoms with E-state index in [1.54, 1.807) is 12.1 Å². The van der Waals surface area contributed by atoms with Gasteiger partial charge in [-0.3, -0.25) is 19.7 Å². The Balaban J connectivity index is 2.29. The molecule has 9 nitrogen and oxygen atoms in total. The van der Waals surface area contributed by atoms with Crippen molar-refractivity contribution in [1.82, 2.24) is 0 Å². The molecule has 0 heterocycles. The molecule has 2 rings (SSSR count). The number of carbonyl (C=O) groups excluding carboxylic acids is 2. The predicted octanol–water partition coefficient (Wildman–Crippen LogP) is 3.84. The maximum absolute atomic E-state index is 12.4. The van der Waals surface area contributed by atoms with E-state index in [2.05, 4.69) is 21.2 Å². The Morgan fingerprint density at radius 2 is 1.93 bits per heavy atom. The summed E-state index contributed by atoms with van der Waals surface area (Å²) in [4.78, 5) is 33.7. The molecule has 0 fully saturated rings. The third-order valence-corrected chi connectivity index (χ3v) is 4.10. The molecule has 29 heavy (non-hydrogen) atoms. The first kappa shape index (κ1) is 21.6. The van der Waals surface area contributed by atoms with Gasteiger partial charge in [0.05, 0.1) is 16.5 Å². The van der Waals surface area contributed by atoms with Crippen LogP contribution < -0.4 is 14.8 Å². The first-order valence-electron chi connectivity index (χ1n) is 7.98. The summed E-state index contributed by atoms with van der Waals surface area (Å²) in [5, 5.41) is 22.5. The molecule has 0 bridgehead atoms. The molecule has 2 aromatic rings. The van der Waals surface area contributed by atoms with Gasteiger partial charge in [-0.05, 0) is 51.8 Å². The van der Waals surface area contributed by atoms with Crippen LogP contribution in [0.15, 0.2) is 46.4 Å². The van der Waals surface area contributed by atoms with Gasteiger partial charge in [0.2, 0.25) is 0 Å². The zero-order valence-electron chi connectivity index (χ0n) is 15.3. The minimum atomic E-state index is -0.694. The molecule has 10 heteroatoms. The third kappa shape index (κ3) is 5.63. The molecule has 0 unspecified atom stereocenters. The molecule has 2 aromatic carbocycles. The van der Waals surface area contributed by atoms with Gasteiger partial charge in [-0.25, -0.2) is 0 Å². The molecule has 1 amide bonds. The van der Waals surface area contributed by atoms with Crippen LogP contribution in [0.4, 0.5) is 11.4 Å². The summed E-state index contributed by atoms with van der Waals surface area (Å²) < 4.78 is 10.7. The second-order valence-electron chi connectivity index (χ2n) is 5.56. The van der Waals surface area contributed by atoms with Gasteiger partial charge in [-0.15, -0.1) is 0 Å². The summed E-state index contributed by atoms with van der Waals surface area (Å²) in [7, 11) is 1.38. The molecule has 0 saturated carbocycles. The predicted molar refractivity (Wildman–Crippen MR) is 107 cm³/mol. The fourth-order valence-electron chi connectivity index (χ4n) is 2.25. The van der Waals surface area contributed by atoms with Crippen LogP contribution in [0.1, 0.15) is 12.5 Å². The average molecular weight is 460 g/mol. The Hall–Kier alpha value is -3.71. The third-order valence-electron chi connectivity index (χ3n) is 3.51. The monoisotopic (exact) mass is 459 g/mol. The van der Waals surface area contributed by atoms with Crippen molar-refractivity contribution in [2.24, 2.45) is 0 Å². The van der Waals surface area contributed by atoms with Crippen LogP contribution in [-0.2, 0) is 9.59 Å². The summed E-state index contributed by atoms with van der Waals surface area (Å²) in [5.74, 6) is -0.826. The number of benzene rings is 2. The second-order valence-corrected chi connectivity index (χ2v) is 6.41. The van der Waals surface area contributed by atoms with Crippen LogP contribution in [0.25, 0.3) is 6.08 Å². The second kappa shape index (κ2) is 9.48. The number of nitro groups is 1. The van der Waals surface area contributed by atoms with E-state index in [9.17, 15) is 25.0 Å². The van der Waals surface area contributed by atoms with Crippen molar-refractivity contribution in [3.63, 3.8) is 0 Å². The lowest BCUT2D eigenvalue weighted by atomic mass is 10.1. The highest BCUT2D eigenvalue weighted by atomic mass is 79.9. The molecule has 0 aliphatic carbocycles. The Kier molecular flexibility index (Phi) is 7.05. The fourth-order valence-corrected chi connectivity index (χ4v) is 2.79. The van der Waals surface area contributed by atoms with Crippen molar-refractivity contribution in [3.8, 4) is 17.6 Å². The van der Waals surface area contributed by atoms with E-state index in [0.29, 0.717) is 15.7 Å². The molecule has 0 aliphatic rings. The van der Waals surface area contributed by atoms with Gasteiger partial charge in [0.1, 0.15) is 11.6 Å². The number of nitro benzene ring substituents is 1. The first-order valence-corrected chi connectivity index (χ1v) is 8.78. The van der Waals surface area contributed by atoms with Crippen LogP contribution in [0.3, 0.4) is 0 Å². The van der Waals surface area contributed by atoms with Crippen molar-refractivity contribution in [2.75, 3.05) is 12.4 Å². The lowest BCUT2D eigenvalue weighted by molar-refractivity contribution is -0.384. The normalized spacial score (nSPS) is 10.6. The number of anilines is 1. The van der Waals surface area contributed by atoms with Gasteiger partial charge >= 0.3 is 5.97 Å². The highest BCUT2D eigenvalue weighted by Gasteiger charge is 2.15. The summed E-state index contributed by atoms with van der Waals surface area (Å²) in [5.41, 5.74) is 0.409. The minimum absolute atomic E-state index is 0.121. The summed E-state index contributed by atoms with van der Waals surface area (Å²) >= 11 is 3.26. The first-order chi connectivity index (χ1) is 13.7. The van der Waals surface area contributed by atoms with Crippen LogP contribution in [-0.4, -0.2) is 23.9 Å². The van der Waals surface area contributed by atoms with E-state index in [1.165, 1.54) is 50.4 Å². The number of nitrogens with zero attached hydrogens (tertiary/aromatic N) is 2. The number of amides is 1. The van der Waals surface area contributed by atoms with E-state index in [1.807, 2.05) is 0 Å². The summed E-state index contributed by atoms with van der Waals surface area (Å²) in [6.07, 6.45) is 1.32. The molecule has 0 aromatic heterocycles. The van der Waals surface area contributed by atoms with Gasteiger partial charge in [-0.2, -0.15) is 5.26 Å². The lowest BCUT2D eigenvalue weighted by Crippen LogP contribution is -2.13. The van der Waals surface area contributed by atoms with Gasteiger partial charge in [0.15, 0.2) is 11.5 Å². The molecule has 1 N–H and O–H groups in total. The largest absolute Gasteiger partial charge is 0.493 e. The van der Waals surface area contributed by atoms with Crippen LogP contribution in [0.5, 0.6) is 11.5 Å². The maximum atomic E-state index is 12.4. The lowest BCUT2D eigenvalue weighted by Gasteiger charge is -2.11. The van der Waals surface area contributed by atoms with Crippen molar-refractivity contribution >= 4 is 45.3 Å². The van der Waals surface area contributed by atoms with Gasteiger partial charge in [0, 0.05) is 24.7 Å². The minimum Gasteiger partial charge on any atom is -0.493 e. The highest BCUT2D eigenvalue weighted by Crippen LogP contribution is 2.37. The molecule has 148 valence electrons. The Bertz CT molecular complexity index is 1040.